The number of nitrogens with one attached hydrogen (secondary N) is 1. The summed E-state index contributed by atoms with van der Waals surface area (Å²) in [5.41, 5.74) is 3.43. The van der Waals surface area contributed by atoms with Crippen LogP contribution in [-0.2, 0) is 0 Å². The van der Waals surface area contributed by atoms with Gasteiger partial charge in [0.2, 0.25) is 0 Å². The average molecular weight is 344 g/mol. The zero-order valence-corrected chi connectivity index (χ0v) is 13.9. The van der Waals surface area contributed by atoms with Gasteiger partial charge in [0, 0.05) is 11.3 Å². The number of anilines is 1. The highest BCUT2D eigenvalue weighted by Gasteiger charge is 2.14. The molecule has 0 unspecified atom stereocenters. The van der Waals surface area contributed by atoms with Crippen LogP contribution in [0.4, 0.5) is 10.1 Å². The van der Waals surface area contributed by atoms with E-state index in [-0.39, 0.29) is 16.7 Å². The van der Waals surface area contributed by atoms with Crippen molar-refractivity contribution in [1.29, 1.82) is 0 Å². The van der Waals surface area contributed by atoms with Crippen LogP contribution in [0, 0.1) is 19.7 Å². The zero-order valence-electron chi connectivity index (χ0n) is 13.2. The molecule has 0 saturated carbocycles. The first-order valence-corrected chi connectivity index (χ1v) is 7.76. The Kier molecular flexibility index (Phi) is 4.40. The summed E-state index contributed by atoms with van der Waals surface area (Å²) in [6.45, 7) is 3.92. The van der Waals surface area contributed by atoms with E-state index < -0.39 is 5.82 Å². The van der Waals surface area contributed by atoms with Crippen LogP contribution in [-0.4, -0.2) is 5.91 Å². The third-order valence-electron chi connectivity index (χ3n) is 3.66. The lowest BCUT2D eigenvalue weighted by Gasteiger charge is -2.07. The summed E-state index contributed by atoms with van der Waals surface area (Å²) in [5, 5.41) is 2.83. The number of carbonyl (C=O) groups excluding carboxylic acids is 1. The minimum absolute atomic E-state index is 0.00480. The molecule has 0 aliphatic rings. The van der Waals surface area contributed by atoms with Gasteiger partial charge in [-0.1, -0.05) is 29.3 Å². The molecule has 0 atom stereocenters. The molecule has 24 heavy (non-hydrogen) atoms. The first-order valence-electron chi connectivity index (χ1n) is 7.38. The SMILES string of the molecule is Cc1ccc(NC(=O)c2ccc(-c3ccc(F)c(Cl)c3)o2)c(C)c1. The van der Waals surface area contributed by atoms with Gasteiger partial charge in [0.15, 0.2) is 5.76 Å². The maximum atomic E-state index is 13.2. The lowest BCUT2D eigenvalue weighted by molar-refractivity contribution is 0.0997. The molecular formula is C19H15ClFNO2. The summed E-state index contributed by atoms with van der Waals surface area (Å²) >= 11 is 5.77. The molecular weight excluding hydrogens is 329 g/mol. The van der Waals surface area contributed by atoms with Gasteiger partial charge in [0.25, 0.3) is 5.91 Å². The van der Waals surface area contributed by atoms with E-state index in [1.807, 2.05) is 32.0 Å². The number of hydrogen-bond acceptors (Lipinski definition) is 2. The molecule has 0 fully saturated rings. The molecule has 0 radical (unpaired) electrons. The zero-order chi connectivity index (χ0) is 17.3. The van der Waals surface area contributed by atoms with E-state index in [1.165, 1.54) is 12.1 Å². The number of benzene rings is 2. The van der Waals surface area contributed by atoms with Crippen molar-refractivity contribution in [2.45, 2.75) is 13.8 Å². The van der Waals surface area contributed by atoms with Crippen LogP contribution in [0.2, 0.25) is 5.02 Å². The highest BCUT2D eigenvalue weighted by molar-refractivity contribution is 6.31. The Labute approximate surface area is 144 Å². The van der Waals surface area contributed by atoms with Crippen molar-refractivity contribution in [1.82, 2.24) is 0 Å². The molecule has 0 bridgehead atoms. The molecule has 1 aromatic heterocycles. The molecule has 0 aliphatic heterocycles. The predicted octanol–water partition coefficient (Wildman–Crippen LogP) is 5.61. The normalized spacial score (nSPS) is 10.7. The van der Waals surface area contributed by atoms with E-state index in [2.05, 4.69) is 5.32 Å². The number of halogens is 2. The van der Waals surface area contributed by atoms with E-state index >= 15 is 0 Å². The maximum absolute atomic E-state index is 13.2. The minimum atomic E-state index is -0.500. The molecule has 3 aromatic rings. The first kappa shape index (κ1) is 16.3. The van der Waals surface area contributed by atoms with Gasteiger partial charge in [0.1, 0.15) is 11.6 Å². The molecule has 3 nitrogen and oxygen atoms in total. The van der Waals surface area contributed by atoms with Gasteiger partial charge in [-0.15, -0.1) is 0 Å². The van der Waals surface area contributed by atoms with E-state index in [4.69, 9.17) is 16.0 Å². The fourth-order valence-corrected chi connectivity index (χ4v) is 2.58. The summed E-state index contributed by atoms with van der Waals surface area (Å²) in [6, 6.07) is 13.3. The Hall–Kier alpha value is -2.59. The molecule has 0 saturated heterocycles. The fourth-order valence-electron chi connectivity index (χ4n) is 2.40. The molecule has 3 rings (SSSR count). The van der Waals surface area contributed by atoms with Crippen molar-refractivity contribution < 1.29 is 13.6 Å². The van der Waals surface area contributed by atoms with Crippen LogP contribution in [0.1, 0.15) is 21.7 Å². The van der Waals surface area contributed by atoms with Crippen molar-refractivity contribution in [3.63, 3.8) is 0 Å². The molecule has 0 spiro atoms. The Morgan fingerprint density at radius 2 is 1.88 bits per heavy atom. The summed E-state index contributed by atoms with van der Waals surface area (Å²) < 4.78 is 18.8. The van der Waals surface area contributed by atoms with Crippen LogP contribution in [0.3, 0.4) is 0 Å². The van der Waals surface area contributed by atoms with Crippen molar-refractivity contribution in [2.24, 2.45) is 0 Å². The number of carbonyl (C=O) groups is 1. The molecule has 122 valence electrons. The third-order valence-corrected chi connectivity index (χ3v) is 3.95. The van der Waals surface area contributed by atoms with Gasteiger partial charge in [-0.25, -0.2) is 4.39 Å². The predicted molar refractivity (Wildman–Crippen MR) is 93.0 cm³/mol. The Morgan fingerprint density at radius 1 is 1.08 bits per heavy atom. The average Bonchev–Trinajstić information content (AvgIpc) is 3.03. The standard InChI is InChI=1S/C19H15ClFNO2/c1-11-3-6-16(12(2)9-11)22-19(23)18-8-7-17(24-18)13-4-5-15(21)14(20)10-13/h3-10H,1-2H3,(H,22,23). The van der Waals surface area contributed by atoms with Gasteiger partial charge in [-0.05, 0) is 55.8 Å². The number of furan rings is 1. The summed E-state index contributed by atoms with van der Waals surface area (Å²) in [7, 11) is 0. The second-order valence-corrected chi connectivity index (χ2v) is 5.97. The van der Waals surface area contributed by atoms with Crippen molar-refractivity contribution in [3.8, 4) is 11.3 Å². The minimum Gasteiger partial charge on any atom is -0.451 e. The monoisotopic (exact) mass is 343 g/mol. The topological polar surface area (TPSA) is 42.2 Å². The number of rotatable bonds is 3. The van der Waals surface area contributed by atoms with Gasteiger partial charge in [-0.3, -0.25) is 4.79 Å². The fraction of sp³-hybridized carbons (Fsp3) is 0.105. The van der Waals surface area contributed by atoms with E-state index in [0.717, 1.165) is 16.8 Å². The molecule has 5 heteroatoms. The Balaban J connectivity index is 1.82. The summed E-state index contributed by atoms with van der Waals surface area (Å²) in [4.78, 5) is 12.3. The summed E-state index contributed by atoms with van der Waals surface area (Å²) in [6.07, 6.45) is 0. The van der Waals surface area contributed by atoms with Crippen LogP contribution < -0.4 is 5.32 Å². The van der Waals surface area contributed by atoms with E-state index in [0.29, 0.717) is 11.3 Å². The molecule has 2 aromatic carbocycles. The van der Waals surface area contributed by atoms with Gasteiger partial charge in [0.05, 0.1) is 5.02 Å². The Bertz CT molecular complexity index is 917. The Morgan fingerprint density at radius 3 is 2.58 bits per heavy atom. The lowest BCUT2D eigenvalue weighted by Crippen LogP contribution is -2.11. The van der Waals surface area contributed by atoms with Crippen molar-refractivity contribution >= 4 is 23.2 Å². The molecule has 1 heterocycles. The lowest BCUT2D eigenvalue weighted by atomic mass is 10.1. The molecule has 1 N–H and O–H groups in total. The largest absolute Gasteiger partial charge is 0.451 e. The number of amides is 1. The highest BCUT2D eigenvalue weighted by Crippen LogP contribution is 2.27. The molecule has 0 aliphatic carbocycles. The first-order chi connectivity index (χ1) is 11.4. The van der Waals surface area contributed by atoms with Gasteiger partial charge in [-0.2, -0.15) is 0 Å². The number of hydrogen-bond donors (Lipinski definition) is 1. The van der Waals surface area contributed by atoms with Crippen LogP contribution >= 0.6 is 11.6 Å². The van der Waals surface area contributed by atoms with Crippen molar-refractivity contribution in [2.75, 3.05) is 5.32 Å². The highest BCUT2D eigenvalue weighted by atomic mass is 35.5. The summed E-state index contributed by atoms with van der Waals surface area (Å²) in [5.74, 6) is -0.228. The van der Waals surface area contributed by atoms with E-state index in [1.54, 1.807) is 18.2 Å². The quantitative estimate of drug-likeness (QED) is 0.671. The third kappa shape index (κ3) is 3.34. The smallest absolute Gasteiger partial charge is 0.291 e. The van der Waals surface area contributed by atoms with Gasteiger partial charge >= 0.3 is 0 Å². The molecule has 1 amide bonds. The van der Waals surface area contributed by atoms with Crippen LogP contribution in [0.5, 0.6) is 0 Å². The van der Waals surface area contributed by atoms with Crippen LogP contribution in [0.25, 0.3) is 11.3 Å². The number of aryl methyl sites for hydroxylation is 2. The second kappa shape index (κ2) is 6.49. The maximum Gasteiger partial charge on any atom is 0.291 e. The second-order valence-electron chi connectivity index (χ2n) is 5.57. The van der Waals surface area contributed by atoms with Gasteiger partial charge < -0.3 is 9.73 Å². The van der Waals surface area contributed by atoms with Crippen LogP contribution in [0.15, 0.2) is 52.9 Å². The van der Waals surface area contributed by atoms with Crippen molar-refractivity contribution in [3.05, 3.63) is 76.3 Å². The van der Waals surface area contributed by atoms with E-state index in [9.17, 15) is 9.18 Å².